The van der Waals surface area contributed by atoms with Gasteiger partial charge in [-0.3, -0.25) is 9.59 Å². The molecule has 6 heteroatoms. The van der Waals surface area contributed by atoms with E-state index in [2.05, 4.69) is 26.6 Å². The second-order valence-electron chi connectivity index (χ2n) is 5.32. The molecule has 2 N–H and O–H groups in total. The minimum absolute atomic E-state index is 0.111. The van der Waals surface area contributed by atoms with Gasteiger partial charge in [-0.2, -0.15) is 0 Å². The molecule has 0 spiro atoms. The molecule has 0 aromatic heterocycles. The van der Waals surface area contributed by atoms with Crippen LogP contribution < -0.4 is 10.6 Å². The van der Waals surface area contributed by atoms with Crippen LogP contribution in [0.15, 0.2) is 53.0 Å². The molecule has 0 aliphatic carbocycles. The lowest BCUT2D eigenvalue weighted by Gasteiger charge is -2.16. The van der Waals surface area contributed by atoms with E-state index in [9.17, 15) is 9.59 Å². The van der Waals surface area contributed by atoms with Crippen LogP contribution in [0, 0.1) is 0 Å². The normalized spacial score (nSPS) is 11.6. The van der Waals surface area contributed by atoms with Crippen molar-refractivity contribution in [2.75, 3.05) is 6.54 Å². The summed E-state index contributed by atoms with van der Waals surface area (Å²) in [7, 11) is 0. The fourth-order valence-electron chi connectivity index (χ4n) is 2.21. The second-order valence-corrected chi connectivity index (χ2v) is 6.61. The van der Waals surface area contributed by atoms with E-state index in [0.29, 0.717) is 10.6 Å². The molecule has 0 saturated heterocycles. The van der Waals surface area contributed by atoms with Crippen LogP contribution >= 0.6 is 27.5 Å². The predicted molar refractivity (Wildman–Crippen MR) is 99.1 cm³/mol. The lowest BCUT2D eigenvalue weighted by Crippen LogP contribution is -2.32. The lowest BCUT2D eigenvalue weighted by atomic mass is 10.1. The number of halogens is 2. The third kappa shape index (κ3) is 5.35. The first-order valence-corrected chi connectivity index (χ1v) is 8.72. The van der Waals surface area contributed by atoms with Crippen LogP contribution in [0.3, 0.4) is 0 Å². The summed E-state index contributed by atoms with van der Waals surface area (Å²) in [5, 5.41) is 6.22. The van der Waals surface area contributed by atoms with Crippen molar-refractivity contribution in [2.24, 2.45) is 0 Å². The van der Waals surface area contributed by atoms with Gasteiger partial charge >= 0.3 is 0 Å². The van der Waals surface area contributed by atoms with Gasteiger partial charge in [-0.05, 0) is 42.8 Å². The highest BCUT2D eigenvalue weighted by molar-refractivity contribution is 9.10. The van der Waals surface area contributed by atoms with Crippen LogP contribution in [0.2, 0.25) is 5.02 Å². The molecule has 2 amide bonds. The summed E-state index contributed by atoms with van der Waals surface area (Å²) in [6, 6.07) is 14.2. The largest absolute Gasteiger partial charge is 0.352 e. The van der Waals surface area contributed by atoms with E-state index in [1.54, 1.807) is 24.3 Å². The number of carbonyl (C=O) groups is 2. The maximum absolute atomic E-state index is 12.0. The molecule has 0 fully saturated rings. The van der Waals surface area contributed by atoms with Crippen LogP contribution in [0.4, 0.5) is 0 Å². The lowest BCUT2D eigenvalue weighted by molar-refractivity contribution is -0.121. The Bertz CT molecular complexity index is 719. The molecular formula is C18H18BrClN2O2. The Balaban J connectivity index is 1.78. The molecular weight excluding hydrogens is 392 g/mol. The van der Waals surface area contributed by atoms with Crippen molar-refractivity contribution in [3.05, 3.63) is 69.2 Å². The van der Waals surface area contributed by atoms with E-state index in [1.165, 1.54) is 0 Å². The summed E-state index contributed by atoms with van der Waals surface area (Å²) >= 11 is 9.26. The SMILES string of the molecule is C[C@@H](NC(=O)CCNC(=O)c1ccc(Cl)cc1)c1ccccc1Br. The maximum Gasteiger partial charge on any atom is 0.251 e. The fraction of sp³-hybridized carbons (Fsp3) is 0.222. The number of amides is 2. The Labute approximate surface area is 154 Å². The Morgan fingerprint density at radius 2 is 1.79 bits per heavy atom. The second kappa shape index (κ2) is 8.85. The molecule has 0 unspecified atom stereocenters. The van der Waals surface area contributed by atoms with Crippen molar-refractivity contribution in [1.29, 1.82) is 0 Å². The molecule has 2 aromatic rings. The molecule has 0 aliphatic heterocycles. The summed E-state index contributed by atoms with van der Waals surface area (Å²) < 4.78 is 0.953. The Kier molecular flexibility index (Phi) is 6.82. The Morgan fingerprint density at radius 3 is 2.46 bits per heavy atom. The van der Waals surface area contributed by atoms with Gasteiger partial charge < -0.3 is 10.6 Å². The average Bonchev–Trinajstić information content (AvgIpc) is 2.55. The van der Waals surface area contributed by atoms with E-state index < -0.39 is 0 Å². The van der Waals surface area contributed by atoms with Crippen molar-refractivity contribution >= 4 is 39.3 Å². The third-order valence-electron chi connectivity index (χ3n) is 3.49. The van der Waals surface area contributed by atoms with Gasteiger partial charge in [0.2, 0.25) is 5.91 Å². The van der Waals surface area contributed by atoms with Crippen molar-refractivity contribution in [3.63, 3.8) is 0 Å². The number of benzene rings is 2. The molecule has 24 heavy (non-hydrogen) atoms. The Morgan fingerprint density at radius 1 is 1.12 bits per heavy atom. The quantitative estimate of drug-likeness (QED) is 0.754. The highest BCUT2D eigenvalue weighted by Gasteiger charge is 2.12. The molecule has 2 rings (SSSR count). The summed E-state index contributed by atoms with van der Waals surface area (Å²) in [4.78, 5) is 23.9. The number of nitrogens with one attached hydrogen (secondary N) is 2. The third-order valence-corrected chi connectivity index (χ3v) is 4.47. The molecule has 0 aliphatic rings. The number of hydrogen-bond acceptors (Lipinski definition) is 2. The molecule has 0 heterocycles. The van der Waals surface area contributed by atoms with Gasteiger partial charge in [0, 0.05) is 28.0 Å². The van der Waals surface area contributed by atoms with Crippen molar-refractivity contribution in [2.45, 2.75) is 19.4 Å². The van der Waals surface area contributed by atoms with E-state index in [0.717, 1.165) is 10.0 Å². The zero-order chi connectivity index (χ0) is 17.5. The number of hydrogen-bond donors (Lipinski definition) is 2. The van der Waals surface area contributed by atoms with Gasteiger partial charge in [0.05, 0.1) is 6.04 Å². The summed E-state index contributed by atoms with van der Waals surface area (Å²) in [5.74, 6) is -0.340. The average molecular weight is 410 g/mol. The molecule has 0 saturated carbocycles. The van der Waals surface area contributed by atoms with Crippen LogP contribution in [-0.4, -0.2) is 18.4 Å². The summed E-state index contributed by atoms with van der Waals surface area (Å²) in [6.45, 7) is 2.19. The Hall–Kier alpha value is -1.85. The minimum Gasteiger partial charge on any atom is -0.352 e. The standard InChI is InChI=1S/C18H18BrClN2O2/c1-12(15-4-2-3-5-16(15)19)22-17(23)10-11-21-18(24)13-6-8-14(20)9-7-13/h2-9,12H,10-11H2,1H3,(H,21,24)(H,22,23)/t12-/m1/s1. The summed E-state index contributed by atoms with van der Waals surface area (Å²) in [6.07, 6.45) is 0.216. The van der Waals surface area contributed by atoms with Crippen LogP contribution in [0.25, 0.3) is 0 Å². The minimum atomic E-state index is -0.224. The zero-order valence-corrected chi connectivity index (χ0v) is 15.5. The number of rotatable bonds is 6. The van der Waals surface area contributed by atoms with Gasteiger partial charge in [-0.15, -0.1) is 0 Å². The predicted octanol–water partition coefficient (Wildman–Crippen LogP) is 4.10. The summed E-state index contributed by atoms with van der Waals surface area (Å²) in [5.41, 5.74) is 1.53. The fourth-order valence-corrected chi connectivity index (χ4v) is 2.96. The highest BCUT2D eigenvalue weighted by Crippen LogP contribution is 2.22. The van der Waals surface area contributed by atoms with Crippen LogP contribution in [0.1, 0.15) is 35.3 Å². The zero-order valence-electron chi connectivity index (χ0n) is 13.2. The van der Waals surface area contributed by atoms with Gasteiger partial charge in [0.25, 0.3) is 5.91 Å². The van der Waals surface area contributed by atoms with Crippen molar-refractivity contribution in [1.82, 2.24) is 10.6 Å². The van der Waals surface area contributed by atoms with E-state index in [1.807, 2.05) is 31.2 Å². The molecule has 4 nitrogen and oxygen atoms in total. The topological polar surface area (TPSA) is 58.2 Å². The monoisotopic (exact) mass is 408 g/mol. The molecule has 0 radical (unpaired) electrons. The molecule has 2 aromatic carbocycles. The number of carbonyl (C=O) groups excluding carboxylic acids is 2. The van der Waals surface area contributed by atoms with Crippen LogP contribution in [0.5, 0.6) is 0 Å². The molecule has 0 bridgehead atoms. The van der Waals surface area contributed by atoms with Gasteiger partial charge in [-0.1, -0.05) is 45.7 Å². The van der Waals surface area contributed by atoms with Gasteiger partial charge in [0.15, 0.2) is 0 Å². The van der Waals surface area contributed by atoms with Crippen molar-refractivity contribution < 1.29 is 9.59 Å². The van der Waals surface area contributed by atoms with Crippen molar-refractivity contribution in [3.8, 4) is 0 Å². The molecule has 1 atom stereocenters. The van der Waals surface area contributed by atoms with Crippen LogP contribution in [-0.2, 0) is 4.79 Å². The first-order chi connectivity index (χ1) is 11.5. The first-order valence-electron chi connectivity index (χ1n) is 7.55. The molecule has 126 valence electrons. The van der Waals surface area contributed by atoms with E-state index in [-0.39, 0.29) is 30.8 Å². The maximum atomic E-state index is 12.0. The first kappa shape index (κ1) is 18.5. The highest BCUT2D eigenvalue weighted by atomic mass is 79.9. The van der Waals surface area contributed by atoms with E-state index >= 15 is 0 Å². The van der Waals surface area contributed by atoms with Gasteiger partial charge in [-0.25, -0.2) is 0 Å². The van der Waals surface area contributed by atoms with Gasteiger partial charge in [0.1, 0.15) is 0 Å². The smallest absolute Gasteiger partial charge is 0.251 e. The van der Waals surface area contributed by atoms with E-state index in [4.69, 9.17) is 11.6 Å².